The summed E-state index contributed by atoms with van der Waals surface area (Å²) in [5, 5.41) is 3.05. The van der Waals surface area contributed by atoms with Gasteiger partial charge in [-0.2, -0.15) is 0 Å². The van der Waals surface area contributed by atoms with E-state index in [1.165, 1.54) is 25.7 Å². The first-order chi connectivity index (χ1) is 6.74. The Labute approximate surface area is 86.9 Å². The predicted octanol–water partition coefficient (Wildman–Crippen LogP) is 1.24. The summed E-state index contributed by atoms with van der Waals surface area (Å²) in [7, 11) is 3.81. The monoisotopic (exact) mass is 198 g/mol. The summed E-state index contributed by atoms with van der Waals surface area (Å²) in [6.07, 6.45) is 5.91. The predicted molar refractivity (Wildman–Crippen MR) is 58.1 cm³/mol. The summed E-state index contributed by atoms with van der Waals surface area (Å²) >= 11 is 0. The summed E-state index contributed by atoms with van der Waals surface area (Å²) in [5.41, 5.74) is 0. The summed E-state index contributed by atoms with van der Waals surface area (Å²) in [6, 6.07) is 0. The van der Waals surface area contributed by atoms with Gasteiger partial charge in [-0.3, -0.25) is 4.79 Å². The maximum Gasteiger partial charge on any atom is 0.222 e. The number of carbonyl (C=O) groups excluding carboxylic acids is 1. The first kappa shape index (κ1) is 11.5. The van der Waals surface area contributed by atoms with Crippen molar-refractivity contribution in [2.75, 3.05) is 27.2 Å². The molecule has 0 aromatic carbocycles. The van der Waals surface area contributed by atoms with E-state index < -0.39 is 0 Å². The van der Waals surface area contributed by atoms with Gasteiger partial charge in [-0.15, -0.1) is 0 Å². The Balaban J connectivity index is 2.18. The Morgan fingerprint density at radius 3 is 2.64 bits per heavy atom. The fraction of sp³-hybridized carbons (Fsp3) is 0.909. The van der Waals surface area contributed by atoms with Crippen LogP contribution in [0.2, 0.25) is 0 Å². The molecule has 1 fully saturated rings. The van der Waals surface area contributed by atoms with Crippen LogP contribution in [-0.4, -0.2) is 38.0 Å². The molecule has 3 nitrogen and oxygen atoms in total. The van der Waals surface area contributed by atoms with Crippen LogP contribution >= 0.6 is 0 Å². The molecule has 0 aromatic heterocycles. The average molecular weight is 198 g/mol. The van der Waals surface area contributed by atoms with Crippen molar-refractivity contribution in [3.63, 3.8) is 0 Å². The lowest BCUT2D eigenvalue weighted by Crippen LogP contribution is -2.33. The lowest BCUT2D eigenvalue weighted by Gasteiger charge is -2.18. The van der Waals surface area contributed by atoms with Gasteiger partial charge in [0.1, 0.15) is 0 Å². The van der Waals surface area contributed by atoms with E-state index >= 15 is 0 Å². The molecule has 0 aliphatic heterocycles. The van der Waals surface area contributed by atoms with Crippen LogP contribution in [0.25, 0.3) is 0 Å². The molecule has 0 bridgehead atoms. The molecule has 1 aliphatic carbocycles. The molecule has 0 saturated heterocycles. The van der Waals surface area contributed by atoms with Gasteiger partial charge in [0.05, 0.1) is 0 Å². The van der Waals surface area contributed by atoms with Gasteiger partial charge in [-0.1, -0.05) is 12.8 Å². The largest absolute Gasteiger partial charge is 0.344 e. The molecule has 1 rings (SSSR count). The van der Waals surface area contributed by atoms with E-state index in [0.29, 0.717) is 11.8 Å². The molecule has 1 aliphatic rings. The van der Waals surface area contributed by atoms with Crippen LogP contribution < -0.4 is 5.32 Å². The van der Waals surface area contributed by atoms with Crippen molar-refractivity contribution < 1.29 is 4.79 Å². The van der Waals surface area contributed by atoms with E-state index in [9.17, 15) is 4.79 Å². The fourth-order valence-corrected chi connectivity index (χ4v) is 2.02. The van der Waals surface area contributed by atoms with Crippen LogP contribution in [0.5, 0.6) is 0 Å². The normalized spacial score (nSPS) is 17.3. The third kappa shape index (κ3) is 3.66. The minimum atomic E-state index is 0.312. The topological polar surface area (TPSA) is 32.3 Å². The van der Waals surface area contributed by atoms with Gasteiger partial charge in [0.2, 0.25) is 5.91 Å². The van der Waals surface area contributed by atoms with Gasteiger partial charge in [-0.25, -0.2) is 0 Å². The van der Waals surface area contributed by atoms with E-state index in [2.05, 4.69) is 5.32 Å². The highest BCUT2D eigenvalue weighted by Crippen LogP contribution is 2.27. The highest BCUT2D eigenvalue weighted by Gasteiger charge is 2.19. The van der Waals surface area contributed by atoms with Gasteiger partial charge >= 0.3 is 0 Å². The number of rotatable bonds is 5. The smallest absolute Gasteiger partial charge is 0.222 e. The van der Waals surface area contributed by atoms with Crippen molar-refractivity contribution >= 4 is 5.91 Å². The second-order valence-corrected chi connectivity index (χ2v) is 4.27. The van der Waals surface area contributed by atoms with Crippen LogP contribution in [0.1, 0.15) is 32.1 Å². The quantitative estimate of drug-likeness (QED) is 0.721. The van der Waals surface area contributed by atoms with Crippen LogP contribution in [0.4, 0.5) is 0 Å². The lowest BCUT2D eigenvalue weighted by atomic mass is 10.0. The molecule has 0 aromatic rings. The lowest BCUT2D eigenvalue weighted by molar-refractivity contribution is -0.130. The Bertz CT molecular complexity index is 176. The van der Waals surface area contributed by atoms with Crippen LogP contribution in [0.3, 0.4) is 0 Å². The minimum absolute atomic E-state index is 0.312. The molecule has 0 atom stereocenters. The molecule has 3 heteroatoms. The van der Waals surface area contributed by atoms with Crippen molar-refractivity contribution in [2.24, 2.45) is 5.92 Å². The molecular formula is C11H22N2O. The van der Waals surface area contributed by atoms with Gasteiger partial charge in [-0.05, 0) is 25.8 Å². The Kier molecular flexibility index (Phi) is 4.94. The van der Waals surface area contributed by atoms with Gasteiger partial charge < -0.3 is 10.2 Å². The van der Waals surface area contributed by atoms with Gasteiger partial charge in [0.25, 0.3) is 0 Å². The number of carbonyl (C=O) groups is 1. The molecule has 0 unspecified atom stereocenters. The van der Waals surface area contributed by atoms with E-state index in [1.54, 1.807) is 0 Å². The molecule has 0 spiro atoms. The van der Waals surface area contributed by atoms with Crippen molar-refractivity contribution in [1.82, 2.24) is 10.2 Å². The summed E-state index contributed by atoms with van der Waals surface area (Å²) in [6.45, 7) is 1.70. The van der Waals surface area contributed by atoms with Crippen LogP contribution in [0, 0.1) is 5.92 Å². The molecule has 82 valence electrons. The highest BCUT2D eigenvalue weighted by molar-refractivity contribution is 5.76. The van der Waals surface area contributed by atoms with Gasteiger partial charge in [0, 0.05) is 26.6 Å². The van der Waals surface area contributed by atoms with Crippen molar-refractivity contribution in [3.8, 4) is 0 Å². The van der Waals surface area contributed by atoms with E-state index in [4.69, 9.17) is 0 Å². The maximum absolute atomic E-state index is 11.7. The minimum Gasteiger partial charge on any atom is -0.344 e. The van der Waals surface area contributed by atoms with Gasteiger partial charge in [0.15, 0.2) is 0 Å². The van der Waals surface area contributed by atoms with Crippen molar-refractivity contribution in [1.29, 1.82) is 0 Å². The van der Waals surface area contributed by atoms with Crippen LogP contribution in [-0.2, 0) is 4.79 Å². The zero-order valence-corrected chi connectivity index (χ0v) is 9.38. The average Bonchev–Trinajstić information content (AvgIpc) is 2.66. The molecular weight excluding hydrogens is 176 g/mol. The molecule has 1 N–H and O–H groups in total. The SMILES string of the molecule is CNCCN(C)C(=O)CC1CCCC1. The second kappa shape index (κ2) is 6.02. The van der Waals surface area contributed by atoms with E-state index in [0.717, 1.165) is 19.5 Å². The fourth-order valence-electron chi connectivity index (χ4n) is 2.02. The number of amides is 1. The molecule has 0 radical (unpaired) electrons. The summed E-state index contributed by atoms with van der Waals surface area (Å²) in [4.78, 5) is 13.5. The zero-order valence-electron chi connectivity index (χ0n) is 9.38. The molecule has 14 heavy (non-hydrogen) atoms. The highest BCUT2D eigenvalue weighted by atomic mass is 16.2. The molecule has 1 amide bonds. The van der Waals surface area contributed by atoms with E-state index in [1.807, 2.05) is 19.0 Å². The maximum atomic E-state index is 11.7. The number of likely N-dealkylation sites (N-methyl/N-ethyl adjacent to an activating group) is 2. The number of hydrogen-bond acceptors (Lipinski definition) is 2. The third-order valence-electron chi connectivity index (χ3n) is 3.06. The molecule has 1 saturated carbocycles. The second-order valence-electron chi connectivity index (χ2n) is 4.27. The Morgan fingerprint density at radius 2 is 2.07 bits per heavy atom. The Hall–Kier alpha value is -0.570. The standard InChI is InChI=1S/C11H22N2O/c1-12-7-8-13(2)11(14)9-10-5-3-4-6-10/h10,12H,3-9H2,1-2H3. The summed E-state index contributed by atoms with van der Waals surface area (Å²) < 4.78 is 0. The number of nitrogens with zero attached hydrogens (tertiary/aromatic N) is 1. The first-order valence-corrected chi connectivity index (χ1v) is 5.62. The first-order valence-electron chi connectivity index (χ1n) is 5.62. The number of nitrogens with one attached hydrogen (secondary N) is 1. The third-order valence-corrected chi connectivity index (χ3v) is 3.06. The van der Waals surface area contributed by atoms with Crippen molar-refractivity contribution in [3.05, 3.63) is 0 Å². The summed E-state index contributed by atoms with van der Waals surface area (Å²) in [5.74, 6) is 0.978. The molecule has 0 heterocycles. The number of hydrogen-bond donors (Lipinski definition) is 1. The van der Waals surface area contributed by atoms with Crippen molar-refractivity contribution in [2.45, 2.75) is 32.1 Å². The van der Waals surface area contributed by atoms with E-state index in [-0.39, 0.29) is 0 Å². The zero-order chi connectivity index (χ0) is 10.4. The van der Waals surface area contributed by atoms with Crippen LogP contribution in [0.15, 0.2) is 0 Å². The Morgan fingerprint density at radius 1 is 1.43 bits per heavy atom.